The average Bonchev–Trinajstić information content (AvgIpc) is 2.95. The highest BCUT2D eigenvalue weighted by Crippen LogP contribution is 2.40. The van der Waals surface area contributed by atoms with Gasteiger partial charge in [0, 0.05) is 42.4 Å². The van der Waals surface area contributed by atoms with Gasteiger partial charge in [0.15, 0.2) is 5.82 Å². The first-order chi connectivity index (χ1) is 18.5. The Kier molecular flexibility index (Phi) is 6.78. The summed E-state index contributed by atoms with van der Waals surface area (Å²) in [7, 11) is 0. The fourth-order valence-electron chi connectivity index (χ4n) is 5.05. The van der Waals surface area contributed by atoms with E-state index in [0.29, 0.717) is 72.2 Å². The lowest BCUT2D eigenvalue weighted by Gasteiger charge is -2.32. The maximum atomic E-state index is 15.3. The second-order valence-corrected chi connectivity index (χ2v) is 9.89. The van der Waals surface area contributed by atoms with E-state index in [1.54, 1.807) is 18.2 Å². The number of carbonyl (C=O) groups excluding carboxylic acids is 1. The number of amides is 1. The molecule has 0 radical (unpaired) electrons. The molecule has 10 heteroatoms. The van der Waals surface area contributed by atoms with E-state index in [2.05, 4.69) is 15.3 Å². The standard InChI is InChI=1S/C28H23Cl2FN4O3/c29-19-6-3-5-17(24(19)30)23-20(31)15-33-26-25(23)32-14-18(27(26)35-9-12-37-13-10-35)28(36)34-21-8-11-38-22-7-2-1-4-16(21)22/h1-7,14-15,21H,8-13H2,(H,34,36). The second kappa shape index (κ2) is 10.4. The van der Waals surface area contributed by atoms with E-state index in [1.165, 1.54) is 6.20 Å². The lowest BCUT2D eigenvalue weighted by Crippen LogP contribution is -2.39. The van der Waals surface area contributed by atoms with Crippen molar-refractivity contribution < 1.29 is 18.7 Å². The van der Waals surface area contributed by atoms with Gasteiger partial charge >= 0.3 is 0 Å². The highest BCUT2D eigenvalue weighted by atomic mass is 35.5. The zero-order valence-electron chi connectivity index (χ0n) is 20.2. The first-order valence-corrected chi connectivity index (χ1v) is 13.1. The van der Waals surface area contributed by atoms with Gasteiger partial charge in [-0.3, -0.25) is 9.78 Å². The van der Waals surface area contributed by atoms with Crippen LogP contribution in [0, 0.1) is 5.82 Å². The summed E-state index contributed by atoms with van der Waals surface area (Å²) in [5, 5.41) is 3.67. The smallest absolute Gasteiger partial charge is 0.255 e. The number of pyridine rings is 2. The van der Waals surface area contributed by atoms with Crippen molar-refractivity contribution in [3.63, 3.8) is 0 Å². The van der Waals surface area contributed by atoms with Crippen LogP contribution in [0.3, 0.4) is 0 Å². The van der Waals surface area contributed by atoms with E-state index in [1.807, 2.05) is 29.2 Å². The number of rotatable bonds is 4. The fourth-order valence-corrected chi connectivity index (χ4v) is 5.44. The first kappa shape index (κ1) is 24.9. The third-order valence-electron chi connectivity index (χ3n) is 6.87. The molecule has 2 aliphatic heterocycles. The monoisotopic (exact) mass is 552 g/mol. The van der Waals surface area contributed by atoms with Crippen LogP contribution in [0.15, 0.2) is 54.9 Å². The Balaban J connectivity index is 1.49. The lowest BCUT2D eigenvalue weighted by molar-refractivity contribution is 0.0923. The predicted octanol–water partition coefficient (Wildman–Crippen LogP) is 5.83. The number of anilines is 1. The van der Waals surface area contributed by atoms with Crippen LogP contribution in [0.25, 0.3) is 22.2 Å². The number of fused-ring (bicyclic) bond motifs is 2. The zero-order chi connectivity index (χ0) is 26.2. The fraction of sp³-hybridized carbons (Fsp3) is 0.250. The summed E-state index contributed by atoms with van der Waals surface area (Å²) >= 11 is 12.7. The number of ether oxygens (including phenoxy) is 2. The Bertz CT molecular complexity index is 1540. The number of halogens is 3. The minimum Gasteiger partial charge on any atom is -0.493 e. The molecular formula is C28H23Cl2FN4O3. The molecule has 1 fully saturated rings. The number of hydrogen-bond acceptors (Lipinski definition) is 6. The van der Waals surface area contributed by atoms with Crippen LogP contribution < -0.4 is 15.0 Å². The van der Waals surface area contributed by atoms with Gasteiger partial charge in [-0.05, 0) is 12.1 Å². The van der Waals surface area contributed by atoms with Gasteiger partial charge in [0.1, 0.15) is 16.8 Å². The summed E-state index contributed by atoms with van der Waals surface area (Å²) in [6.07, 6.45) is 3.26. The molecule has 4 heterocycles. The number of carbonyl (C=O) groups is 1. The zero-order valence-corrected chi connectivity index (χ0v) is 21.7. The quantitative estimate of drug-likeness (QED) is 0.343. The van der Waals surface area contributed by atoms with Crippen molar-refractivity contribution in [3.05, 3.63) is 81.8 Å². The maximum absolute atomic E-state index is 15.3. The number of benzene rings is 2. The van der Waals surface area contributed by atoms with Crippen molar-refractivity contribution >= 4 is 45.8 Å². The molecule has 194 valence electrons. The van der Waals surface area contributed by atoms with E-state index in [9.17, 15) is 4.79 Å². The number of aromatic nitrogens is 2. The summed E-state index contributed by atoms with van der Waals surface area (Å²) < 4.78 is 26.6. The summed E-state index contributed by atoms with van der Waals surface area (Å²) in [6.45, 7) is 2.58. The molecule has 2 aromatic carbocycles. The summed E-state index contributed by atoms with van der Waals surface area (Å²) in [4.78, 5) is 24.8. The molecule has 0 spiro atoms. The molecule has 0 bridgehead atoms. The minimum atomic E-state index is -0.585. The summed E-state index contributed by atoms with van der Waals surface area (Å²) in [6, 6.07) is 12.5. The Morgan fingerprint density at radius 3 is 2.63 bits per heavy atom. The molecule has 4 aromatic rings. The normalized spacial score (nSPS) is 17.1. The molecular weight excluding hydrogens is 530 g/mol. The highest BCUT2D eigenvalue weighted by Gasteiger charge is 2.29. The molecule has 1 amide bonds. The van der Waals surface area contributed by atoms with Crippen molar-refractivity contribution in [1.82, 2.24) is 15.3 Å². The van der Waals surface area contributed by atoms with Gasteiger partial charge < -0.3 is 19.7 Å². The van der Waals surface area contributed by atoms with Crippen molar-refractivity contribution in [2.24, 2.45) is 0 Å². The summed E-state index contributed by atoms with van der Waals surface area (Å²) in [5.74, 6) is -0.122. The van der Waals surface area contributed by atoms with Crippen LogP contribution in [0.1, 0.15) is 28.4 Å². The molecule has 1 atom stereocenters. The molecule has 1 saturated heterocycles. The topological polar surface area (TPSA) is 76.6 Å². The molecule has 2 aromatic heterocycles. The molecule has 0 saturated carbocycles. The number of nitrogens with zero attached hydrogens (tertiary/aromatic N) is 3. The van der Waals surface area contributed by atoms with E-state index in [4.69, 9.17) is 32.7 Å². The van der Waals surface area contributed by atoms with Gasteiger partial charge in [0.05, 0.1) is 53.4 Å². The maximum Gasteiger partial charge on any atom is 0.255 e. The number of para-hydroxylation sites is 1. The van der Waals surface area contributed by atoms with Crippen molar-refractivity contribution in [3.8, 4) is 16.9 Å². The number of nitrogens with one attached hydrogen (secondary N) is 1. The van der Waals surface area contributed by atoms with Crippen LogP contribution in [0.4, 0.5) is 10.1 Å². The molecule has 2 aliphatic rings. The van der Waals surface area contributed by atoms with Crippen LogP contribution in [0.5, 0.6) is 5.75 Å². The van der Waals surface area contributed by atoms with Gasteiger partial charge in [-0.15, -0.1) is 0 Å². The van der Waals surface area contributed by atoms with Gasteiger partial charge in [-0.25, -0.2) is 9.37 Å². The lowest BCUT2D eigenvalue weighted by atomic mass is 9.99. The van der Waals surface area contributed by atoms with Gasteiger partial charge in [-0.2, -0.15) is 0 Å². The van der Waals surface area contributed by atoms with Gasteiger partial charge in [0.25, 0.3) is 5.91 Å². The average molecular weight is 553 g/mol. The third kappa shape index (κ3) is 4.42. The van der Waals surface area contributed by atoms with E-state index < -0.39 is 5.82 Å². The van der Waals surface area contributed by atoms with Crippen molar-refractivity contribution in [2.45, 2.75) is 12.5 Å². The molecule has 7 nitrogen and oxygen atoms in total. The Morgan fingerprint density at radius 1 is 1.00 bits per heavy atom. The number of hydrogen-bond donors (Lipinski definition) is 1. The van der Waals surface area contributed by atoms with Crippen LogP contribution >= 0.6 is 23.2 Å². The highest BCUT2D eigenvalue weighted by molar-refractivity contribution is 6.44. The Labute approximate surface area is 228 Å². The van der Waals surface area contributed by atoms with Gasteiger partial charge in [0.2, 0.25) is 0 Å². The van der Waals surface area contributed by atoms with Crippen LogP contribution in [-0.4, -0.2) is 48.8 Å². The number of morpholine rings is 1. The predicted molar refractivity (Wildman–Crippen MR) is 145 cm³/mol. The second-order valence-electron chi connectivity index (χ2n) is 9.10. The van der Waals surface area contributed by atoms with Gasteiger partial charge in [-0.1, -0.05) is 53.5 Å². The summed E-state index contributed by atoms with van der Waals surface area (Å²) in [5.41, 5.74) is 3.14. The SMILES string of the molecule is O=C(NC1CCOc2ccccc21)c1cnc2c(-c3cccc(Cl)c3Cl)c(F)cnc2c1N1CCOCC1. The first-order valence-electron chi connectivity index (χ1n) is 12.3. The van der Waals surface area contributed by atoms with Crippen LogP contribution in [-0.2, 0) is 4.74 Å². The van der Waals surface area contributed by atoms with E-state index in [0.717, 1.165) is 17.5 Å². The molecule has 0 aliphatic carbocycles. The largest absolute Gasteiger partial charge is 0.493 e. The molecule has 1 unspecified atom stereocenters. The minimum absolute atomic E-state index is 0.183. The third-order valence-corrected chi connectivity index (χ3v) is 7.68. The van der Waals surface area contributed by atoms with E-state index in [-0.39, 0.29) is 22.5 Å². The Morgan fingerprint density at radius 2 is 1.79 bits per heavy atom. The van der Waals surface area contributed by atoms with Crippen molar-refractivity contribution in [1.29, 1.82) is 0 Å². The van der Waals surface area contributed by atoms with E-state index >= 15 is 4.39 Å². The van der Waals surface area contributed by atoms with Crippen molar-refractivity contribution in [2.75, 3.05) is 37.8 Å². The molecule has 38 heavy (non-hydrogen) atoms. The molecule has 6 rings (SSSR count). The molecule has 1 N–H and O–H groups in total. The van der Waals surface area contributed by atoms with Crippen LogP contribution in [0.2, 0.25) is 10.0 Å². The Hall–Kier alpha value is -3.46.